The summed E-state index contributed by atoms with van der Waals surface area (Å²) in [4.78, 5) is 71.1. The average Bonchev–Trinajstić information content (AvgIpc) is 3.89. The minimum absolute atomic E-state index is 0.00630. The summed E-state index contributed by atoms with van der Waals surface area (Å²) in [7, 11) is 0. The first-order valence-corrected chi connectivity index (χ1v) is 20.7. The third kappa shape index (κ3) is 7.57. The number of imide groups is 2. The molecule has 5 amide bonds. The number of hydrogen-bond donors (Lipinski definition) is 2. The van der Waals surface area contributed by atoms with E-state index in [9.17, 15) is 24.0 Å². The standard InChI is InChI=1S/C42H43ClFN9O6/c43-32-17-29(4-1-23(32)20-45)59-28-5-2-26(3-6-28)46-39(55)34-7-9-37(49-48-34)52-21-24-15-27(16-25(24)22-52)50-11-13-51(14-12-50)36-19-31-30(18-33(36)44)41(57)53(42(31)58)35-8-10-38(54)47-40(35)56/h1,4,7,9,17-19,24-28,35H,2-3,5-6,8,10-16,21-22H2,(H,46,55)(H,47,54,56)/t24-,25+,26?,27?,28?,35?. The van der Waals surface area contributed by atoms with Crippen LogP contribution in [0.25, 0.3) is 0 Å². The largest absolute Gasteiger partial charge is 0.490 e. The van der Waals surface area contributed by atoms with Crippen molar-refractivity contribution in [3.05, 3.63) is 75.7 Å². The van der Waals surface area contributed by atoms with Gasteiger partial charge in [0, 0.05) is 63.8 Å². The molecule has 0 radical (unpaired) electrons. The van der Waals surface area contributed by atoms with E-state index in [0.29, 0.717) is 47.3 Å². The molecule has 17 heteroatoms. The highest BCUT2D eigenvalue weighted by Gasteiger charge is 2.46. The SMILES string of the molecule is N#Cc1ccc(OC2CCC(NC(=O)c3ccc(N4C[C@H]5CC(N6CCN(c7cc8c(cc7F)C(=O)N(C7CCC(=O)NC7=O)C8=O)CC6)C[C@H]5C4)nn3)CC2)cc1Cl. The number of piperidine rings is 1. The zero-order valence-electron chi connectivity index (χ0n) is 32.2. The highest BCUT2D eigenvalue weighted by molar-refractivity contribution is 6.31. The van der Waals surface area contributed by atoms with Crippen molar-refractivity contribution >= 4 is 52.6 Å². The second-order valence-corrected chi connectivity index (χ2v) is 16.9. The summed E-state index contributed by atoms with van der Waals surface area (Å²) in [5.41, 5.74) is 0.962. The summed E-state index contributed by atoms with van der Waals surface area (Å²) >= 11 is 6.15. The van der Waals surface area contributed by atoms with Crippen LogP contribution in [0.4, 0.5) is 15.9 Å². The van der Waals surface area contributed by atoms with E-state index in [1.807, 2.05) is 17.0 Å². The fourth-order valence-corrected chi connectivity index (χ4v) is 10.1. The molecule has 2 aliphatic carbocycles. The molecule has 2 N–H and O–H groups in total. The number of nitrogens with zero attached hydrogens (tertiary/aromatic N) is 7. The van der Waals surface area contributed by atoms with Gasteiger partial charge in [-0.1, -0.05) is 11.6 Å². The van der Waals surface area contributed by atoms with Gasteiger partial charge in [-0.15, -0.1) is 10.2 Å². The van der Waals surface area contributed by atoms with Crippen LogP contribution in [0.3, 0.4) is 0 Å². The summed E-state index contributed by atoms with van der Waals surface area (Å²) in [5.74, 6) is -0.965. The second-order valence-electron chi connectivity index (χ2n) is 16.5. The van der Waals surface area contributed by atoms with Crippen molar-refractivity contribution < 1.29 is 33.1 Å². The molecule has 6 aliphatic rings. The first-order valence-electron chi connectivity index (χ1n) is 20.3. The number of benzene rings is 2. The van der Waals surface area contributed by atoms with Crippen molar-refractivity contribution in [2.45, 2.75) is 75.6 Å². The van der Waals surface area contributed by atoms with Crippen LogP contribution in [0.2, 0.25) is 5.02 Å². The van der Waals surface area contributed by atoms with E-state index in [0.717, 1.165) is 81.5 Å². The zero-order chi connectivity index (χ0) is 40.9. The number of rotatable bonds is 8. The molecule has 4 aliphatic heterocycles. The lowest BCUT2D eigenvalue weighted by Crippen LogP contribution is -2.54. The van der Waals surface area contributed by atoms with Gasteiger partial charge in [0.05, 0.1) is 33.5 Å². The highest BCUT2D eigenvalue weighted by Crippen LogP contribution is 2.42. The molecule has 59 heavy (non-hydrogen) atoms. The monoisotopic (exact) mass is 823 g/mol. The number of fused-ring (bicyclic) bond motifs is 2. The number of hydrogen-bond acceptors (Lipinski definition) is 12. The number of anilines is 2. The van der Waals surface area contributed by atoms with Crippen LogP contribution in [0.5, 0.6) is 5.75 Å². The highest BCUT2D eigenvalue weighted by atomic mass is 35.5. The normalized spacial score (nSPS) is 27.0. The van der Waals surface area contributed by atoms with E-state index in [-0.39, 0.29) is 53.4 Å². The third-order valence-corrected chi connectivity index (χ3v) is 13.3. The molecular weight excluding hydrogens is 781 g/mol. The second kappa shape index (κ2) is 15.8. The minimum Gasteiger partial charge on any atom is -0.490 e. The van der Waals surface area contributed by atoms with E-state index < -0.39 is 35.5 Å². The molecule has 2 aromatic carbocycles. The fraction of sp³-hybridized carbons (Fsp3) is 0.476. The van der Waals surface area contributed by atoms with Crippen LogP contribution in [-0.2, 0) is 9.59 Å². The number of aromatic nitrogens is 2. The number of amides is 5. The van der Waals surface area contributed by atoms with Gasteiger partial charge in [-0.05, 0) is 93.2 Å². The lowest BCUT2D eigenvalue weighted by Gasteiger charge is -2.39. The zero-order valence-corrected chi connectivity index (χ0v) is 33.0. The summed E-state index contributed by atoms with van der Waals surface area (Å²) < 4.78 is 21.6. The number of carbonyl (C=O) groups excluding carboxylic acids is 5. The van der Waals surface area contributed by atoms with E-state index in [2.05, 4.69) is 30.6 Å². The van der Waals surface area contributed by atoms with Crippen molar-refractivity contribution in [1.29, 1.82) is 5.26 Å². The topological polar surface area (TPSA) is 181 Å². The molecule has 2 saturated carbocycles. The van der Waals surface area contributed by atoms with Crippen molar-refractivity contribution in [1.82, 2.24) is 30.6 Å². The van der Waals surface area contributed by atoms with Gasteiger partial charge in [0.1, 0.15) is 23.7 Å². The van der Waals surface area contributed by atoms with Gasteiger partial charge in [0.15, 0.2) is 11.5 Å². The Morgan fingerprint density at radius 3 is 2.24 bits per heavy atom. The molecule has 1 aromatic heterocycles. The molecule has 0 bridgehead atoms. The Bertz CT molecular complexity index is 2240. The van der Waals surface area contributed by atoms with Gasteiger partial charge in [-0.25, -0.2) is 4.39 Å². The minimum atomic E-state index is -1.10. The summed E-state index contributed by atoms with van der Waals surface area (Å²) in [5, 5.41) is 23.5. The number of nitriles is 1. The summed E-state index contributed by atoms with van der Waals surface area (Å²) in [6.45, 7) is 4.32. The van der Waals surface area contributed by atoms with Gasteiger partial charge in [0.25, 0.3) is 17.7 Å². The smallest absolute Gasteiger partial charge is 0.272 e. The Labute approximate surface area is 344 Å². The van der Waals surface area contributed by atoms with Crippen molar-refractivity contribution in [3.63, 3.8) is 0 Å². The fourth-order valence-electron chi connectivity index (χ4n) is 9.85. The molecule has 15 nitrogen and oxygen atoms in total. The maximum atomic E-state index is 15.5. The van der Waals surface area contributed by atoms with E-state index in [1.54, 1.807) is 24.3 Å². The van der Waals surface area contributed by atoms with E-state index in [4.69, 9.17) is 21.6 Å². The first-order chi connectivity index (χ1) is 28.5. The maximum Gasteiger partial charge on any atom is 0.272 e. The van der Waals surface area contributed by atoms with Crippen LogP contribution in [0, 0.1) is 29.0 Å². The summed E-state index contributed by atoms with van der Waals surface area (Å²) in [6.07, 6.45) is 5.25. The van der Waals surface area contributed by atoms with Crippen molar-refractivity contribution in [2.75, 3.05) is 49.1 Å². The average molecular weight is 824 g/mol. The quantitative estimate of drug-likeness (QED) is 0.315. The number of piperazine rings is 1. The Hall–Kier alpha value is -5.66. The van der Waals surface area contributed by atoms with Crippen molar-refractivity contribution in [2.24, 2.45) is 11.8 Å². The Morgan fingerprint density at radius 2 is 1.59 bits per heavy atom. The van der Waals surface area contributed by atoms with E-state index >= 15 is 4.39 Å². The van der Waals surface area contributed by atoms with Gasteiger partial charge in [0.2, 0.25) is 11.8 Å². The maximum absolute atomic E-state index is 15.5. The van der Waals surface area contributed by atoms with Crippen molar-refractivity contribution in [3.8, 4) is 11.8 Å². The molecule has 5 heterocycles. The van der Waals surface area contributed by atoms with Gasteiger partial charge in [-0.2, -0.15) is 5.26 Å². The van der Waals surface area contributed by atoms with E-state index in [1.165, 1.54) is 6.07 Å². The van der Waals surface area contributed by atoms with Crippen LogP contribution in [-0.4, -0.2) is 113 Å². The molecule has 4 atom stereocenters. The Kier molecular flexibility index (Phi) is 10.4. The van der Waals surface area contributed by atoms with Crippen LogP contribution >= 0.6 is 11.6 Å². The molecule has 3 aromatic rings. The van der Waals surface area contributed by atoms with Gasteiger partial charge < -0.3 is 19.9 Å². The predicted molar refractivity (Wildman–Crippen MR) is 211 cm³/mol. The van der Waals surface area contributed by atoms with Gasteiger partial charge >= 0.3 is 0 Å². The van der Waals surface area contributed by atoms with Crippen LogP contribution < -0.4 is 25.2 Å². The predicted octanol–water partition coefficient (Wildman–Crippen LogP) is 3.70. The molecule has 0 spiro atoms. The molecule has 3 saturated heterocycles. The Morgan fingerprint density at radius 1 is 0.881 bits per heavy atom. The molecule has 5 fully saturated rings. The Balaban J connectivity index is 0.728. The third-order valence-electron chi connectivity index (χ3n) is 13.0. The number of ether oxygens (including phenoxy) is 1. The lowest BCUT2D eigenvalue weighted by atomic mass is 9.93. The number of halogens is 2. The van der Waals surface area contributed by atoms with Crippen LogP contribution in [0.15, 0.2) is 42.5 Å². The lowest BCUT2D eigenvalue weighted by molar-refractivity contribution is -0.136. The molecule has 9 rings (SSSR count). The number of carbonyl (C=O) groups is 5. The summed E-state index contributed by atoms with van der Waals surface area (Å²) in [6, 6.07) is 12.6. The van der Waals surface area contributed by atoms with Crippen LogP contribution in [0.1, 0.15) is 88.1 Å². The molecule has 2 unspecified atom stereocenters. The number of nitrogens with one attached hydrogen (secondary N) is 2. The molecular formula is C42H43ClFN9O6. The van der Waals surface area contributed by atoms with Gasteiger partial charge in [-0.3, -0.25) is 39.1 Å². The molecule has 306 valence electrons. The first kappa shape index (κ1) is 38.8.